The Balaban J connectivity index is 1.76. The largest absolute Gasteiger partial charge is 0.467 e. The van der Waals surface area contributed by atoms with E-state index in [-0.39, 0.29) is 12.5 Å². The zero-order chi connectivity index (χ0) is 20.5. The highest BCUT2D eigenvalue weighted by molar-refractivity contribution is 7.12. The van der Waals surface area contributed by atoms with Gasteiger partial charge in [0.05, 0.1) is 17.7 Å². The lowest BCUT2D eigenvalue weighted by atomic mass is 10.0. The number of thiophene rings is 1. The molecule has 2 aromatic heterocycles. The van der Waals surface area contributed by atoms with Crippen molar-refractivity contribution in [3.05, 3.63) is 46.5 Å². The summed E-state index contributed by atoms with van der Waals surface area (Å²) in [4.78, 5) is 48.2. The molecule has 10 heteroatoms. The molecule has 2 aromatic rings. The molecule has 0 bridgehead atoms. The van der Waals surface area contributed by atoms with E-state index in [0.29, 0.717) is 10.6 Å². The van der Waals surface area contributed by atoms with Crippen LogP contribution in [0, 0.1) is 5.92 Å². The molecule has 0 saturated heterocycles. The molecular weight excluding hydrogens is 386 g/mol. The maximum absolute atomic E-state index is 12.2. The van der Waals surface area contributed by atoms with Crippen LogP contribution in [0.5, 0.6) is 0 Å². The lowest BCUT2D eigenvalue weighted by molar-refractivity contribution is -0.151. The van der Waals surface area contributed by atoms with Crippen LogP contribution in [-0.4, -0.2) is 36.5 Å². The second-order valence-electron chi connectivity index (χ2n) is 6.09. The molecular formula is C18H21N3O6S. The molecule has 0 aliphatic rings. The Bertz CT molecular complexity index is 801. The molecule has 9 nitrogen and oxygen atoms in total. The van der Waals surface area contributed by atoms with Crippen LogP contribution in [-0.2, 0) is 20.9 Å². The zero-order valence-corrected chi connectivity index (χ0v) is 16.2. The van der Waals surface area contributed by atoms with E-state index in [1.807, 2.05) is 5.32 Å². The number of urea groups is 1. The lowest BCUT2D eigenvalue weighted by Crippen LogP contribution is -2.46. The molecule has 150 valence electrons. The Hall–Kier alpha value is -3.14. The van der Waals surface area contributed by atoms with Crippen LogP contribution < -0.4 is 16.0 Å². The van der Waals surface area contributed by atoms with Gasteiger partial charge in [-0.3, -0.25) is 14.9 Å². The summed E-state index contributed by atoms with van der Waals surface area (Å²) in [6.45, 7) is 2.94. The number of imide groups is 1. The highest BCUT2D eigenvalue weighted by atomic mass is 32.1. The van der Waals surface area contributed by atoms with Gasteiger partial charge in [0, 0.05) is 0 Å². The van der Waals surface area contributed by atoms with Gasteiger partial charge in [-0.1, -0.05) is 19.9 Å². The van der Waals surface area contributed by atoms with Gasteiger partial charge in [0.1, 0.15) is 11.8 Å². The second-order valence-corrected chi connectivity index (χ2v) is 7.04. The molecule has 0 spiro atoms. The van der Waals surface area contributed by atoms with E-state index in [2.05, 4.69) is 10.6 Å². The summed E-state index contributed by atoms with van der Waals surface area (Å²) in [5.74, 6) is -1.68. The summed E-state index contributed by atoms with van der Waals surface area (Å²) in [5.41, 5.74) is 0. The number of hydrogen-bond donors (Lipinski definition) is 3. The molecule has 1 atom stereocenters. The summed E-state index contributed by atoms with van der Waals surface area (Å²) >= 11 is 1.25. The molecule has 4 amide bonds. The zero-order valence-electron chi connectivity index (χ0n) is 15.4. The maximum Gasteiger partial charge on any atom is 0.329 e. The van der Waals surface area contributed by atoms with Crippen LogP contribution >= 0.6 is 11.3 Å². The minimum Gasteiger partial charge on any atom is -0.467 e. The first-order valence-electron chi connectivity index (χ1n) is 8.48. The average Bonchev–Trinajstić information content (AvgIpc) is 3.35. The molecule has 28 heavy (non-hydrogen) atoms. The number of rotatable bonds is 8. The van der Waals surface area contributed by atoms with Gasteiger partial charge in [0.15, 0.2) is 6.61 Å². The van der Waals surface area contributed by atoms with E-state index < -0.39 is 36.5 Å². The smallest absolute Gasteiger partial charge is 0.329 e. The normalized spacial score (nSPS) is 11.5. The number of nitrogens with one attached hydrogen (secondary N) is 3. The van der Waals surface area contributed by atoms with E-state index in [9.17, 15) is 19.2 Å². The van der Waals surface area contributed by atoms with Gasteiger partial charge in [0.25, 0.3) is 11.8 Å². The first-order chi connectivity index (χ1) is 13.4. The van der Waals surface area contributed by atoms with Gasteiger partial charge in [-0.05, 0) is 29.5 Å². The van der Waals surface area contributed by atoms with Gasteiger partial charge in [-0.2, -0.15) is 0 Å². The van der Waals surface area contributed by atoms with Crippen molar-refractivity contribution in [3.63, 3.8) is 0 Å². The summed E-state index contributed by atoms with van der Waals surface area (Å²) in [5, 5.41) is 8.80. The lowest BCUT2D eigenvalue weighted by Gasteiger charge is -2.20. The second kappa shape index (κ2) is 10.3. The molecule has 0 aliphatic heterocycles. The fourth-order valence-electron chi connectivity index (χ4n) is 2.13. The van der Waals surface area contributed by atoms with Crippen molar-refractivity contribution in [1.29, 1.82) is 0 Å². The SMILES string of the molecule is CC(C)[C@H](NC(=O)c1cccs1)C(=O)OCC(=O)NC(=O)NCc1ccco1. The predicted molar refractivity (Wildman–Crippen MR) is 100 cm³/mol. The van der Waals surface area contributed by atoms with E-state index >= 15 is 0 Å². The number of esters is 1. The fourth-order valence-corrected chi connectivity index (χ4v) is 2.76. The van der Waals surface area contributed by atoms with Gasteiger partial charge < -0.3 is 19.8 Å². The standard InChI is InChI=1S/C18H21N3O6S/c1-11(2)15(21-16(23)13-6-4-8-28-13)17(24)27-10-14(22)20-18(25)19-9-12-5-3-7-26-12/h3-8,11,15H,9-10H2,1-2H3,(H,21,23)(H2,19,20,22,25)/t15-/m0/s1. The number of ether oxygens (including phenoxy) is 1. The van der Waals surface area contributed by atoms with Gasteiger partial charge in [0.2, 0.25) is 0 Å². The van der Waals surface area contributed by atoms with Crippen molar-refractivity contribution >= 4 is 35.2 Å². The number of furan rings is 1. The quantitative estimate of drug-likeness (QED) is 0.571. The molecule has 2 heterocycles. The van der Waals surface area contributed by atoms with Gasteiger partial charge >= 0.3 is 12.0 Å². The molecule has 0 fully saturated rings. The average molecular weight is 407 g/mol. The minimum atomic E-state index is -0.921. The van der Waals surface area contributed by atoms with Crippen LogP contribution in [0.3, 0.4) is 0 Å². The molecule has 2 rings (SSSR count). The number of amides is 4. The van der Waals surface area contributed by atoms with Crippen LogP contribution in [0.2, 0.25) is 0 Å². The van der Waals surface area contributed by atoms with E-state index in [1.165, 1.54) is 17.6 Å². The Morgan fingerprint density at radius 2 is 1.96 bits per heavy atom. The summed E-state index contributed by atoms with van der Waals surface area (Å²) in [6, 6.07) is 5.03. The summed E-state index contributed by atoms with van der Waals surface area (Å²) in [6.07, 6.45) is 1.46. The summed E-state index contributed by atoms with van der Waals surface area (Å²) < 4.78 is 9.98. The Labute approximate surface area is 165 Å². The molecule has 0 aliphatic carbocycles. The number of hydrogen-bond acceptors (Lipinski definition) is 7. The first-order valence-corrected chi connectivity index (χ1v) is 9.36. The van der Waals surface area contributed by atoms with Gasteiger partial charge in [-0.15, -0.1) is 11.3 Å². The van der Waals surface area contributed by atoms with Crippen molar-refractivity contribution in [1.82, 2.24) is 16.0 Å². The summed E-state index contributed by atoms with van der Waals surface area (Å²) in [7, 11) is 0. The minimum absolute atomic E-state index is 0.107. The van der Waals surface area contributed by atoms with Gasteiger partial charge in [-0.25, -0.2) is 9.59 Å². The molecule has 0 unspecified atom stereocenters. The van der Waals surface area contributed by atoms with E-state index in [0.717, 1.165) is 0 Å². The Kier molecular flexibility index (Phi) is 7.76. The Morgan fingerprint density at radius 1 is 1.18 bits per heavy atom. The van der Waals surface area contributed by atoms with Crippen LogP contribution in [0.15, 0.2) is 40.3 Å². The predicted octanol–water partition coefficient (Wildman–Crippen LogP) is 1.66. The third kappa shape index (κ3) is 6.54. The third-order valence-corrected chi connectivity index (χ3v) is 4.42. The van der Waals surface area contributed by atoms with E-state index in [4.69, 9.17) is 9.15 Å². The monoisotopic (exact) mass is 407 g/mol. The Morgan fingerprint density at radius 3 is 2.57 bits per heavy atom. The first kappa shape index (κ1) is 21.2. The molecule has 0 saturated carbocycles. The highest BCUT2D eigenvalue weighted by Crippen LogP contribution is 2.11. The topological polar surface area (TPSA) is 127 Å². The van der Waals surface area contributed by atoms with Crippen molar-refractivity contribution in [2.45, 2.75) is 26.4 Å². The van der Waals surface area contributed by atoms with Crippen molar-refractivity contribution < 1.29 is 28.3 Å². The van der Waals surface area contributed by atoms with Crippen molar-refractivity contribution in [2.24, 2.45) is 5.92 Å². The van der Waals surface area contributed by atoms with E-state index in [1.54, 1.807) is 43.5 Å². The molecule has 3 N–H and O–H groups in total. The highest BCUT2D eigenvalue weighted by Gasteiger charge is 2.27. The maximum atomic E-state index is 12.2. The fraction of sp³-hybridized carbons (Fsp3) is 0.333. The number of carbonyl (C=O) groups excluding carboxylic acids is 4. The number of carbonyl (C=O) groups is 4. The molecule has 0 aromatic carbocycles. The molecule has 0 radical (unpaired) electrons. The third-order valence-electron chi connectivity index (χ3n) is 3.55. The van der Waals surface area contributed by atoms with Crippen LogP contribution in [0.25, 0.3) is 0 Å². The van der Waals surface area contributed by atoms with Crippen LogP contribution in [0.4, 0.5) is 4.79 Å². The van der Waals surface area contributed by atoms with Crippen molar-refractivity contribution in [3.8, 4) is 0 Å². The van der Waals surface area contributed by atoms with Crippen LogP contribution in [0.1, 0.15) is 29.3 Å². The van der Waals surface area contributed by atoms with Crippen molar-refractivity contribution in [2.75, 3.05) is 6.61 Å².